The largest absolute Gasteiger partial charge is 0.477 e. The topological polar surface area (TPSA) is 136 Å². The number of amides is 2. The van der Waals surface area contributed by atoms with Gasteiger partial charge < -0.3 is 25.4 Å². The number of halogens is 1. The number of H-pyrrole nitrogens is 1. The van der Waals surface area contributed by atoms with E-state index >= 15 is 0 Å². The molecule has 0 aromatic carbocycles. The van der Waals surface area contributed by atoms with E-state index in [9.17, 15) is 23.9 Å². The normalized spacial score (nSPS) is 24.7. The molecule has 2 amide bonds. The van der Waals surface area contributed by atoms with E-state index in [-0.39, 0.29) is 37.3 Å². The number of likely N-dealkylation sites (tertiary alicyclic amines) is 1. The molecule has 1 saturated carbocycles. The summed E-state index contributed by atoms with van der Waals surface area (Å²) in [7, 11) is 0. The SMILES string of the molecule is CC(C)(C)[C@H](NC(=O)C1(F)CC1)C(=O)N1C[C@H](O)C[C@H]1c1ncc(C(=O)O)[nH]1. The summed E-state index contributed by atoms with van der Waals surface area (Å²) in [5.41, 5.74) is -2.74. The van der Waals surface area contributed by atoms with Gasteiger partial charge in [-0.25, -0.2) is 14.2 Å². The van der Waals surface area contributed by atoms with Gasteiger partial charge in [0, 0.05) is 13.0 Å². The Morgan fingerprint density at radius 3 is 2.54 bits per heavy atom. The molecule has 0 bridgehead atoms. The average Bonchev–Trinajstić information content (AvgIpc) is 3.02. The van der Waals surface area contributed by atoms with Crippen molar-refractivity contribution in [3.8, 4) is 0 Å². The van der Waals surface area contributed by atoms with E-state index < -0.39 is 47.1 Å². The minimum atomic E-state index is -1.91. The van der Waals surface area contributed by atoms with Crippen LogP contribution >= 0.6 is 0 Å². The number of rotatable bonds is 5. The van der Waals surface area contributed by atoms with E-state index in [4.69, 9.17) is 5.11 Å². The van der Waals surface area contributed by atoms with Crippen molar-refractivity contribution in [1.82, 2.24) is 20.2 Å². The summed E-state index contributed by atoms with van der Waals surface area (Å²) >= 11 is 0. The molecule has 10 heteroatoms. The Balaban J connectivity index is 1.85. The number of aromatic carboxylic acids is 1. The lowest BCUT2D eigenvalue weighted by Gasteiger charge is -2.35. The second-order valence-corrected chi connectivity index (χ2v) is 8.62. The van der Waals surface area contributed by atoms with Crippen LogP contribution in [0.3, 0.4) is 0 Å². The second-order valence-electron chi connectivity index (χ2n) is 8.62. The molecular formula is C18H25FN4O5. The van der Waals surface area contributed by atoms with Crippen molar-refractivity contribution >= 4 is 17.8 Å². The van der Waals surface area contributed by atoms with E-state index in [0.717, 1.165) is 6.20 Å². The van der Waals surface area contributed by atoms with E-state index in [0.29, 0.717) is 0 Å². The van der Waals surface area contributed by atoms with Gasteiger partial charge in [0.25, 0.3) is 5.91 Å². The number of hydrogen-bond acceptors (Lipinski definition) is 5. The van der Waals surface area contributed by atoms with Crippen LogP contribution in [0.4, 0.5) is 4.39 Å². The fourth-order valence-electron chi connectivity index (χ4n) is 3.34. The van der Waals surface area contributed by atoms with E-state index in [2.05, 4.69) is 15.3 Å². The molecule has 1 aromatic rings. The van der Waals surface area contributed by atoms with Crippen LogP contribution in [0.2, 0.25) is 0 Å². The lowest BCUT2D eigenvalue weighted by molar-refractivity contribution is -0.142. The van der Waals surface area contributed by atoms with Gasteiger partial charge in [0.2, 0.25) is 5.91 Å². The number of carbonyl (C=O) groups is 3. The molecule has 1 aliphatic carbocycles. The summed E-state index contributed by atoms with van der Waals surface area (Å²) in [6.45, 7) is 5.27. The summed E-state index contributed by atoms with van der Waals surface area (Å²) in [6.07, 6.45) is 0.780. The van der Waals surface area contributed by atoms with Gasteiger partial charge >= 0.3 is 5.97 Å². The molecule has 0 radical (unpaired) electrons. The zero-order valence-corrected chi connectivity index (χ0v) is 16.0. The number of aromatic nitrogens is 2. The van der Waals surface area contributed by atoms with Crippen LogP contribution in [0.25, 0.3) is 0 Å². The zero-order chi connectivity index (χ0) is 20.9. The highest BCUT2D eigenvalue weighted by Crippen LogP contribution is 2.40. The Bertz CT molecular complexity index is 798. The van der Waals surface area contributed by atoms with Crippen LogP contribution in [-0.2, 0) is 9.59 Å². The molecule has 154 valence electrons. The molecule has 2 heterocycles. The number of carbonyl (C=O) groups excluding carboxylic acids is 2. The first-order chi connectivity index (χ1) is 12.9. The van der Waals surface area contributed by atoms with Crippen LogP contribution in [0, 0.1) is 5.41 Å². The van der Waals surface area contributed by atoms with Gasteiger partial charge in [-0.2, -0.15) is 0 Å². The number of aliphatic hydroxyl groups is 1. The molecule has 28 heavy (non-hydrogen) atoms. The van der Waals surface area contributed by atoms with E-state index in [1.54, 1.807) is 20.8 Å². The first kappa shape index (κ1) is 20.2. The van der Waals surface area contributed by atoms with E-state index in [1.165, 1.54) is 4.90 Å². The van der Waals surface area contributed by atoms with Crippen molar-refractivity contribution in [2.75, 3.05) is 6.54 Å². The number of nitrogens with zero attached hydrogens (tertiary/aromatic N) is 2. The van der Waals surface area contributed by atoms with Gasteiger partial charge in [-0.05, 0) is 18.3 Å². The number of alkyl halides is 1. The first-order valence-electron chi connectivity index (χ1n) is 9.19. The van der Waals surface area contributed by atoms with E-state index in [1.807, 2.05) is 0 Å². The number of carboxylic acid groups (broad SMARTS) is 1. The summed E-state index contributed by atoms with van der Waals surface area (Å²) in [4.78, 5) is 44.6. The second kappa shape index (κ2) is 6.84. The van der Waals surface area contributed by atoms with Gasteiger partial charge in [0.05, 0.1) is 18.3 Å². The molecule has 2 fully saturated rings. The van der Waals surface area contributed by atoms with Gasteiger partial charge in [-0.1, -0.05) is 20.8 Å². The molecule has 0 spiro atoms. The summed E-state index contributed by atoms with van der Waals surface area (Å²) < 4.78 is 14.1. The van der Waals surface area contributed by atoms with Crippen molar-refractivity contribution in [3.63, 3.8) is 0 Å². The molecule has 2 aliphatic rings. The fraction of sp³-hybridized carbons (Fsp3) is 0.667. The number of aliphatic hydroxyl groups excluding tert-OH is 1. The highest BCUT2D eigenvalue weighted by Gasteiger charge is 2.53. The van der Waals surface area contributed by atoms with Gasteiger partial charge in [-0.15, -0.1) is 0 Å². The number of nitrogens with one attached hydrogen (secondary N) is 2. The molecule has 1 saturated heterocycles. The fourth-order valence-corrected chi connectivity index (χ4v) is 3.34. The molecular weight excluding hydrogens is 371 g/mol. The predicted octanol–water partition coefficient (Wildman–Crippen LogP) is 0.775. The molecule has 9 nitrogen and oxygen atoms in total. The highest BCUT2D eigenvalue weighted by atomic mass is 19.1. The lowest BCUT2D eigenvalue weighted by atomic mass is 9.85. The standard InChI is InChI=1S/C18H25FN4O5/c1-17(2,3)12(22-16(28)18(19)4-5-18)14(25)23-8-9(24)6-11(23)13-20-7-10(21-13)15(26)27/h7,9,11-12,24H,4-6,8H2,1-3H3,(H,20,21)(H,22,28)(H,26,27)/t9-,11+,12-/m1/s1. The Morgan fingerprint density at radius 1 is 1.39 bits per heavy atom. The van der Waals surface area contributed by atoms with Crippen LogP contribution in [0.5, 0.6) is 0 Å². The summed E-state index contributed by atoms with van der Waals surface area (Å²) in [5.74, 6) is -2.22. The Morgan fingerprint density at radius 2 is 2.04 bits per heavy atom. The smallest absolute Gasteiger partial charge is 0.353 e. The maximum atomic E-state index is 14.1. The van der Waals surface area contributed by atoms with Crippen molar-refractivity contribution in [3.05, 3.63) is 17.7 Å². The van der Waals surface area contributed by atoms with Gasteiger partial charge in [0.1, 0.15) is 17.6 Å². The molecule has 1 aliphatic heterocycles. The Hall–Kier alpha value is -2.49. The van der Waals surface area contributed by atoms with Crippen molar-refractivity contribution in [2.45, 2.75) is 63.9 Å². The molecule has 4 N–H and O–H groups in total. The molecule has 1 aromatic heterocycles. The lowest BCUT2D eigenvalue weighted by Crippen LogP contribution is -2.56. The molecule has 3 atom stereocenters. The van der Waals surface area contributed by atoms with Crippen LogP contribution in [0.1, 0.15) is 62.4 Å². The third kappa shape index (κ3) is 3.87. The third-order valence-electron chi connectivity index (χ3n) is 5.19. The van der Waals surface area contributed by atoms with Crippen LogP contribution < -0.4 is 5.32 Å². The minimum Gasteiger partial charge on any atom is -0.477 e. The Kier molecular flexibility index (Phi) is 4.95. The maximum absolute atomic E-state index is 14.1. The van der Waals surface area contributed by atoms with Gasteiger partial charge in [-0.3, -0.25) is 9.59 Å². The van der Waals surface area contributed by atoms with Gasteiger partial charge in [0.15, 0.2) is 5.67 Å². The number of β-amino-alcohol motifs (C(OH)–C–C–N with tert-alkyl or cyclic N) is 1. The summed E-state index contributed by atoms with van der Waals surface area (Å²) in [6, 6.07) is -1.67. The average molecular weight is 396 g/mol. The third-order valence-corrected chi connectivity index (χ3v) is 5.19. The first-order valence-corrected chi connectivity index (χ1v) is 9.19. The van der Waals surface area contributed by atoms with Crippen LogP contribution in [0.15, 0.2) is 6.20 Å². The quantitative estimate of drug-likeness (QED) is 0.581. The number of hydrogen-bond donors (Lipinski definition) is 4. The number of aromatic amines is 1. The Labute approximate surface area is 161 Å². The number of imidazole rings is 1. The zero-order valence-electron chi connectivity index (χ0n) is 16.0. The highest BCUT2D eigenvalue weighted by molar-refractivity contribution is 5.93. The predicted molar refractivity (Wildman–Crippen MR) is 95.1 cm³/mol. The maximum Gasteiger partial charge on any atom is 0.353 e. The van der Waals surface area contributed by atoms with Crippen LogP contribution in [-0.4, -0.2) is 67.2 Å². The van der Waals surface area contributed by atoms with Crippen molar-refractivity contribution < 1.29 is 29.0 Å². The van der Waals surface area contributed by atoms with Crippen molar-refractivity contribution in [1.29, 1.82) is 0 Å². The van der Waals surface area contributed by atoms with Crippen molar-refractivity contribution in [2.24, 2.45) is 5.41 Å². The number of carboxylic acids is 1. The molecule has 0 unspecified atom stereocenters. The monoisotopic (exact) mass is 396 g/mol. The minimum absolute atomic E-state index is 0.00975. The molecule has 3 rings (SSSR count). The summed E-state index contributed by atoms with van der Waals surface area (Å²) in [5, 5.41) is 21.7.